The summed E-state index contributed by atoms with van der Waals surface area (Å²) in [5.41, 5.74) is 0. The molecule has 1 saturated heterocycles. The summed E-state index contributed by atoms with van der Waals surface area (Å²) < 4.78 is 0. The fraction of sp³-hybridized carbons (Fsp3) is 0.769. The number of nitrogens with one attached hydrogen (secondary N) is 1. The zero-order valence-corrected chi connectivity index (χ0v) is 10.9. The molecular weight excluding hydrogens is 228 g/mol. The lowest BCUT2D eigenvalue weighted by Crippen LogP contribution is -2.38. The molecule has 18 heavy (non-hydrogen) atoms. The average Bonchev–Trinajstić information content (AvgIpc) is 3.16. The van der Waals surface area contributed by atoms with Crippen LogP contribution in [0.25, 0.3) is 0 Å². The number of hydrogen-bond donors (Lipinski definition) is 1. The van der Waals surface area contributed by atoms with Gasteiger partial charge in [0, 0.05) is 19.0 Å². The highest BCUT2D eigenvalue weighted by atomic mass is 16.2. The van der Waals surface area contributed by atoms with Gasteiger partial charge in [-0.05, 0) is 31.6 Å². The van der Waals surface area contributed by atoms with E-state index in [1.165, 1.54) is 19.3 Å². The van der Waals surface area contributed by atoms with Crippen LogP contribution in [0.1, 0.15) is 61.4 Å². The molecule has 3 rings (SSSR count). The van der Waals surface area contributed by atoms with Gasteiger partial charge in [0.15, 0.2) is 0 Å². The minimum Gasteiger partial charge on any atom is -0.336 e. The van der Waals surface area contributed by atoms with Crippen LogP contribution < -0.4 is 0 Å². The van der Waals surface area contributed by atoms with Crippen LogP contribution in [0.4, 0.5) is 0 Å². The maximum atomic E-state index is 12.2. The smallest absolute Gasteiger partial charge is 0.293 e. The van der Waals surface area contributed by atoms with Gasteiger partial charge in [-0.2, -0.15) is 0 Å². The van der Waals surface area contributed by atoms with Gasteiger partial charge in [0.05, 0.1) is 0 Å². The molecule has 1 aromatic rings. The topological polar surface area (TPSA) is 61.9 Å². The number of nitrogens with zero attached hydrogens (tertiary/aromatic N) is 3. The van der Waals surface area contributed by atoms with Crippen molar-refractivity contribution in [2.24, 2.45) is 5.92 Å². The van der Waals surface area contributed by atoms with E-state index in [9.17, 15) is 4.79 Å². The summed E-state index contributed by atoms with van der Waals surface area (Å²) in [5, 5.41) is 6.96. The Morgan fingerprint density at radius 3 is 2.67 bits per heavy atom. The molecule has 1 aliphatic carbocycles. The summed E-state index contributed by atoms with van der Waals surface area (Å²) in [4.78, 5) is 18.5. The highest BCUT2D eigenvalue weighted by Gasteiger charge is 2.30. The molecule has 0 atom stereocenters. The number of aromatic amines is 1. The SMILES string of the molecule is CCC1CCN(C(=O)c2n[nH]c(C3CC3)n2)CC1. The lowest BCUT2D eigenvalue weighted by molar-refractivity contribution is 0.0677. The molecule has 0 spiro atoms. The number of piperidine rings is 1. The van der Waals surface area contributed by atoms with E-state index < -0.39 is 0 Å². The molecule has 2 aliphatic rings. The van der Waals surface area contributed by atoms with Crippen LogP contribution in [0.5, 0.6) is 0 Å². The molecule has 0 radical (unpaired) electrons. The van der Waals surface area contributed by atoms with E-state index in [4.69, 9.17) is 0 Å². The van der Waals surface area contributed by atoms with E-state index >= 15 is 0 Å². The van der Waals surface area contributed by atoms with Crippen molar-refractivity contribution in [3.8, 4) is 0 Å². The third kappa shape index (κ3) is 2.26. The largest absolute Gasteiger partial charge is 0.336 e. The number of amides is 1. The minimum absolute atomic E-state index is 0.00676. The second-order valence-corrected chi connectivity index (χ2v) is 5.46. The third-order valence-corrected chi connectivity index (χ3v) is 4.14. The first-order valence-electron chi connectivity index (χ1n) is 6.99. The van der Waals surface area contributed by atoms with Crippen molar-refractivity contribution in [2.45, 2.75) is 44.9 Å². The molecule has 1 amide bonds. The summed E-state index contributed by atoms with van der Waals surface area (Å²) in [6, 6.07) is 0. The Morgan fingerprint density at radius 2 is 2.06 bits per heavy atom. The number of rotatable bonds is 3. The average molecular weight is 248 g/mol. The van der Waals surface area contributed by atoms with E-state index in [1.54, 1.807) is 0 Å². The molecule has 0 aromatic carbocycles. The van der Waals surface area contributed by atoms with E-state index in [0.717, 1.165) is 37.7 Å². The molecule has 5 nitrogen and oxygen atoms in total. The lowest BCUT2D eigenvalue weighted by Gasteiger charge is -2.30. The molecule has 2 heterocycles. The second-order valence-electron chi connectivity index (χ2n) is 5.46. The van der Waals surface area contributed by atoms with Crippen molar-refractivity contribution >= 4 is 5.91 Å². The van der Waals surface area contributed by atoms with E-state index in [1.807, 2.05) is 4.90 Å². The van der Waals surface area contributed by atoms with Crippen molar-refractivity contribution in [3.63, 3.8) is 0 Å². The fourth-order valence-electron chi connectivity index (χ4n) is 2.60. The number of aromatic nitrogens is 3. The van der Waals surface area contributed by atoms with Crippen LogP contribution >= 0.6 is 0 Å². The highest BCUT2D eigenvalue weighted by Crippen LogP contribution is 2.37. The maximum Gasteiger partial charge on any atom is 0.293 e. The van der Waals surface area contributed by atoms with Crippen LogP contribution in [-0.2, 0) is 0 Å². The standard InChI is InChI=1S/C13H20N4O/c1-2-9-5-7-17(8-6-9)13(18)12-14-11(15-16-12)10-3-4-10/h9-10H,2-8H2,1H3,(H,14,15,16). The zero-order valence-electron chi connectivity index (χ0n) is 10.9. The molecule has 1 aromatic heterocycles. The number of carbonyl (C=O) groups is 1. The first kappa shape index (κ1) is 11.7. The highest BCUT2D eigenvalue weighted by molar-refractivity contribution is 5.90. The van der Waals surface area contributed by atoms with Gasteiger partial charge < -0.3 is 4.90 Å². The van der Waals surface area contributed by atoms with Gasteiger partial charge >= 0.3 is 0 Å². The number of likely N-dealkylation sites (tertiary alicyclic amines) is 1. The Kier molecular flexibility index (Phi) is 3.06. The third-order valence-electron chi connectivity index (χ3n) is 4.14. The van der Waals surface area contributed by atoms with Gasteiger partial charge in [-0.3, -0.25) is 9.89 Å². The molecule has 1 aliphatic heterocycles. The molecule has 0 bridgehead atoms. The Balaban J connectivity index is 1.63. The van der Waals surface area contributed by atoms with Crippen molar-refractivity contribution < 1.29 is 4.79 Å². The molecule has 0 unspecified atom stereocenters. The van der Waals surface area contributed by atoms with Gasteiger partial charge in [0.2, 0.25) is 5.82 Å². The van der Waals surface area contributed by atoms with Crippen LogP contribution in [0.3, 0.4) is 0 Å². The van der Waals surface area contributed by atoms with Crippen LogP contribution in [0.15, 0.2) is 0 Å². The van der Waals surface area contributed by atoms with Gasteiger partial charge in [-0.15, -0.1) is 5.10 Å². The molecule has 1 saturated carbocycles. The summed E-state index contributed by atoms with van der Waals surface area (Å²) >= 11 is 0. The molecular formula is C13H20N4O. The molecule has 1 N–H and O–H groups in total. The van der Waals surface area contributed by atoms with Crippen molar-refractivity contribution in [2.75, 3.05) is 13.1 Å². The number of hydrogen-bond acceptors (Lipinski definition) is 3. The van der Waals surface area contributed by atoms with Gasteiger partial charge in [0.25, 0.3) is 5.91 Å². The van der Waals surface area contributed by atoms with E-state index in [-0.39, 0.29) is 5.91 Å². The van der Waals surface area contributed by atoms with E-state index in [0.29, 0.717) is 11.7 Å². The summed E-state index contributed by atoms with van der Waals surface area (Å²) in [6.07, 6.45) is 5.79. The quantitative estimate of drug-likeness (QED) is 0.889. The molecule has 5 heteroatoms. The minimum atomic E-state index is -0.00676. The lowest BCUT2D eigenvalue weighted by atomic mass is 9.94. The normalized spacial score (nSPS) is 21.3. The van der Waals surface area contributed by atoms with Crippen molar-refractivity contribution in [1.29, 1.82) is 0 Å². The number of H-pyrrole nitrogens is 1. The van der Waals surface area contributed by atoms with Crippen LogP contribution in [0, 0.1) is 5.92 Å². The first-order valence-corrected chi connectivity index (χ1v) is 6.99. The van der Waals surface area contributed by atoms with Gasteiger partial charge in [-0.1, -0.05) is 13.3 Å². The fourth-order valence-corrected chi connectivity index (χ4v) is 2.60. The van der Waals surface area contributed by atoms with Crippen molar-refractivity contribution in [1.82, 2.24) is 20.1 Å². The molecule has 2 fully saturated rings. The predicted octanol–water partition coefficient (Wildman–Crippen LogP) is 1.94. The maximum absolute atomic E-state index is 12.2. The predicted molar refractivity (Wildman–Crippen MR) is 67.3 cm³/mol. The molecule has 98 valence electrons. The van der Waals surface area contributed by atoms with Gasteiger partial charge in [0.1, 0.15) is 5.82 Å². The van der Waals surface area contributed by atoms with Crippen LogP contribution in [-0.4, -0.2) is 39.1 Å². The Bertz CT molecular complexity index is 430. The Labute approximate surface area is 107 Å². The Hall–Kier alpha value is -1.39. The van der Waals surface area contributed by atoms with Crippen LogP contribution in [0.2, 0.25) is 0 Å². The summed E-state index contributed by atoms with van der Waals surface area (Å²) in [5.74, 6) is 2.54. The van der Waals surface area contributed by atoms with Crippen molar-refractivity contribution in [3.05, 3.63) is 11.6 Å². The Morgan fingerprint density at radius 1 is 1.33 bits per heavy atom. The first-order chi connectivity index (χ1) is 8.78. The zero-order chi connectivity index (χ0) is 12.5. The monoisotopic (exact) mass is 248 g/mol. The van der Waals surface area contributed by atoms with E-state index in [2.05, 4.69) is 22.1 Å². The summed E-state index contributed by atoms with van der Waals surface area (Å²) in [6.45, 7) is 3.93. The summed E-state index contributed by atoms with van der Waals surface area (Å²) in [7, 11) is 0. The van der Waals surface area contributed by atoms with Gasteiger partial charge in [-0.25, -0.2) is 4.98 Å². The number of carbonyl (C=O) groups excluding carboxylic acids is 1. The second kappa shape index (κ2) is 4.71.